The Hall–Kier alpha value is -1.11. The van der Waals surface area contributed by atoms with Gasteiger partial charge in [0.1, 0.15) is 0 Å². The molecule has 1 aliphatic heterocycles. The van der Waals surface area contributed by atoms with Gasteiger partial charge >= 0.3 is 0 Å². The van der Waals surface area contributed by atoms with Gasteiger partial charge in [-0.1, -0.05) is 12.1 Å². The summed E-state index contributed by atoms with van der Waals surface area (Å²) in [4.78, 5) is 0. The molecule has 0 radical (unpaired) electrons. The van der Waals surface area contributed by atoms with Crippen molar-refractivity contribution >= 4 is 15.7 Å². The van der Waals surface area contributed by atoms with Crippen LogP contribution in [0.25, 0.3) is 0 Å². The molecule has 21 heavy (non-hydrogen) atoms. The second kappa shape index (κ2) is 5.94. The van der Waals surface area contributed by atoms with Gasteiger partial charge in [-0.3, -0.25) is 0 Å². The van der Waals surface area contributed by atoms with Crippen molar-refractivity contribution in [2.24, 2.45) is 0 Å². The first-order valence-electron chi connectivity index (χ1n) is 7.50. The number of rotatable bonds is 5. The molecule has 6 heteroatoms. The Kier molecular flexibility index (Phi) is 4.19. The van der Waals surface area contributed by atoms with Crippen LogP contribution in [0.5, 0.6) is 0 Å². The molecule has 2 fully saturated rings. The number of nitrogens with two attached hydrogens (primary N) is 1. The van der Waals surface area contributed by atoms with Crippen LogP contribution in [-0.2, 0) is 21.3 Å². The molecule has 0 spiro atoms. The molecule has 5 nitrogen and oxygen atoms in total. The smallest absolute Gasteiger partial charge is 0.217 e. The van der Waals surface area contributed by atoms with Gasteiger partial charge in [-0.2, -0.15) is 4.31 Å². The zero-order valence-corrected chi connectivity index (χ0v) is 12.9. The summed E-state index contributed by atoms with van der Waals surface area (Å²) >= 11 is 0. The lowest BCUT2D eigenvalue weighted by Crippen LogP contribution is -2.42. The van der Waals surface area contributed by atoms with E-state index in [0.717, 1.165) is 18.4 Å². The Morgan fingerprint density at radius 3 is 2.52 bits per heavy atom. The van der Waals surface area contributed by atoms with E-state index in [9.17, 15) is 8.42 Å². The molecule has 1 aromatic carbocycles. The van der Waals surface area contributed by atoms with Crippen molar-refractivity contribution in [2.75, 3.05) is 18.9 Å². The Bertz CT molecular complexity index is 593. The quantitative estimate of drug-likeness (QED) is 0.841. The van der Waals surface area contributed by atoms with Gasteiger partial charge in [0.25, 0.3) is 0 Å². The molecule has 1 saturated carbocycles. The summed E-state index contributed by atoms with van der Waals surface area (Å²) in [6.45, 7) is 1.51. The molecule has 2 aliphatic rings. The Labute approximate surface area is 126 Å². The molecule has 1 aromatic rings. The number of sulfonamides is 1. The molecule has 3 rings (SSSR count). The van der Waals surface area contributed by atoms with Crippen LogP contribution in [0.4, 0.5) is 5.69 Å². The molecule has 0 atom stereocenters. The summed E-state index contributed by atoms with van der Waals surface area (Å²) in [5, 5.41) is -0.298. The number of benzene rings is 1. The lowest BCUT2D eigenvalue weighted by Gasteiger charge is -2.29. The molecule has 0 amide bonds. The van der Waals surface area contributed by atoms with Gasteiger partial charge in [0.05, 0.1) is 5.25 Å². The van der Waals surface area contributed by atoms with Crippen molar-refractivity contribution in [1.29, 1.82) is 0 Å². The maximum atomic E-state index is 12.9. The van der Waals surface area contributed by atoms with E-state index in [1.807, 2.05) is 24.3 Å². The summed E-state index contributed by atoms with van der Waals surface area (Å²) < 4.78 is 32.8. The minimum Gasteiger partial charge on any atom is -0.399 e. The van der Waals surface area contributed by atoms with Crippen molar-refractivity contribution in [3.63, 3.8) is 0 Å². The molecule has 1 saturated heterocycles. The van der Waals surface area contributed by atoms with Crippen molar-refractivity contribution in [1.82, 2.24) is 4.31 Å². The lowest BCUT2D eigenvalue weighted by atomic mass is 10.2. The third-order valence-corrected chi connectivity index (χ3v) is 6.55. The molecule has 0 aromatic heterocycles. The topological polar surface area (TPSA) is 72.6 Å². The summed E-state index contributed by atoms with van der Waals surface area (Å²) in [5.74, 6) is 0. The number of ether oxygens (including phenoxy) is 1. The first-order valence-corrected chi connectivity index (χ1v) is 9.00. The summed E-state index contributed by atoms with van der Waals surface area (Å²) in [5.41, 5.74) is 7.42. The van der Waals surface area contributed by atoms with Gasteiger partial charge in [0.15, 0.2) is 0 Å². The lowest BCUT2D eigenvalue weighted by molar-refractivity contribution is 0.0970. The minimum absolute atomic E-state index is 0.166. The van der Waals surface area contributed by atoms with Crippen LogP contribution >= 0.6 is 0 Å². The first kappa shape index (κ1) is 14.8. The fraction of sp³-hybridized carbons (Fsp3) is 0.600. The summed E-state index contributed by atoms with van der Waals surface area (Å²) in [7, 11) is -3.26. The number of nitrogen functional groups attached to an aromatic ring is 1. The maximum Gasteiger partial charge on any atom is 0.217 e. The molecule has 116 valence electrons. The maximum absolute atomic E-state index is 12.9. The predicted molar refractivity (Wildman–Crippen MR) is 82.2 cm³/mol. The average molecular weight is 310 g/mol. The number of hydrogen-bond acceptors (Lipinski definition) is 4. The van der Waals surface area contributed by atoms with E-state index < -0.39 is 10.0 Å². The van der Waals surface area contributed by atoms with Crippen LogP contribution < -0.4 is 5.73 Å². The fourth-order valence-electron chi connectivity index (χ4n) is 2.83. The molecular formula is C15H22N2O3S. The van der Waals surface area contributed by atoms with Crippen molar-refractivity contribution in [2.45, 2.75) is 43.5 Å². The standard InChI is InChI=1S/C15H22N2O3S/c16-13-3-1-2-12(10-13)11-17(14-4-5-14)21(18,19)15-6-8-20-9-7-15/h1-3,10,14-15H,4-9,11,16H2. The van der Waals surface area contributed by atoms with Gasteiger partial charge in [-0.05, 0) is 43.4 Å². The number of hydrogen-bond donors (Lipinski definition) is 1. The van der Waals surface area contributed by atoms with Crippen LogP contribution in [0.3, 0.4) is 0 Å². The van der Waals surface area contributed by atoms with Crippen LogP contribution in [-0.4, -0.2) is 37.2 Å². The van der Waals surface area contributed by atoms with Gasteiger partial charge in [0, 0.05) is 31.5 Å². The molecule has 0 unspecified atom stereocenters. The number of anilines is 1. The third-order valence-electron chi connectivity index (χ3n) is 4.16. The minimum atomic E-state index is -3.26. The largest absolute Gasteiger partial charge is 0.399 e. The van der Waals surface area contributed by atoms with Crippen molar-refractivity contribution in [3.05, 3.63) is 29.8 Å². The zero-order valence-electron chi connectivity index (χ0n) is 12.1. The molecular weight excluding hydrogens is 288 g/mol. The normalized spacial score (nSPS) is 20.8. The second-order valence-electron chi connectivity index (χ2n) is 5.88. The fourth-order valence-corrected chi connectivity index (χ4v) is 4.95. The highest BCUT2D eigenvalue weighted by atomic mass is 32.2. The molecule has 1 heterocycles. The predicted octanol–water partition coefficient (Wildman–Crippen LogP) is 1.74. The Balaban J connectivity index is 1.80. The SMILES string of the molecule is Nc1cccc(CN(C2CC2)S(=O)(=O)C2CCOCC2)c1. The second-order valence-corrected chi connectivity index (χ2v) is 8.04. The average Bonchev–Trinajstić information content (AvgIpc) is 3.30. The summed E-state index contributed by atoms with van der Waals surface area (Å²) in [6, 6.07) is 7.65. The number of nitrogens with zero attached hydrogens (tertiary/aromatic N) is 1. The highest BCUT2D eigenvalue weighted by molar-refractivity contribution is 7.89. The van der Waals surface area contributed by atoms with Gasteiger partial charge in [-0.15, -0.1) is 0 Å². The molecule has 0 bridgehead atoms. The van der Waals surface area contributed by atoms with Crippen LogP contribution in [0, 0.1) is 0 Å². The van der Waals surface area contributed by atoms with Crippen molar-refractivity contribution < 1.29 is 13.2 Å². The van der Waals surface area contributed by atoms with Crippen LogP contribution in [0.1, 0.15) is 31.2 Å². The van der Waals surface area contributed by atoms with Gasteiger partial charge < -0.3 is 10.5 Å². The molecule has 2 N–H and O–H groups in total. The summed E-state index contributed by atoms with van der Waals surface area (Å²) in [6.07, 6.45) is 3.13. The van der Waals surface area contributed by atoms with Gasteiger partial charge in [0.2, 0.25) is 10.0 Å². The highest BCUT2D eigenvalue weighted by Gasteiger charge is 2.41. The third kappa shape index (κ3) is 3.39. The van der Waals surface area contributed by atoms with E-state index in [-0.39, 0.29) is 11.3 Å². The Morgan fingerprint density at radius 1 is 1.19 bits per heavy atom. The zero-order chi connectivity index (χ0) is 14.9. The van der Waals surface area contributed by atoms with Gasteiger partial charge in [-0.25, -0.2) is 8.42 Å². The highest BCUT2D eigenvalue weighted by Crippen LogP contribution is 2.34. The molecule has 1 aliphatic carbocycles. The van der Waals surface area contributed by atoms with Crippen LogP contribution in [0.2, 0.25) is 0 Å². The van der Waals surface area contributed by atoms with E-state index in [1.54, 1.807) is 4.31 Å². The Morgan fingerprint density at radius 2 is 1.90 bits per heavy atom. The van der Waals surface area contributed by atoms with E-state index in [4.69, 9.17) is 10.5 Å². The first-order chi connectivity index (χ1) is 10.1. The van der Waals surface area contributed by atoms with E-state index in [2.05, 4.69) is 0 Å². The van der Waals surface area contributed by atoms with E-state index >= 15 is 0 Å². The van der Waals surface area contributed by atoms with Crippen LogP contribution in [0.15, 0.2) is 24.3 Å². The van der Waals surface area contributed by atoms with Crippen molar-refractivity contribution in [3.8, 4) is 0 Å². The monoisotopic (exact) mass is 310 g/mol. The van der Waals surface area contributed by atoms with E-state index in [1.165, 1.54) is 0 Å². The van der Waals surface area contributed by atoms with E-state index in [0.29, 0.717) is 38.3 Å².